The molecule has 3 aliphatic rings. The van der Waals surface area contributed by atoms with E-state index < -0.39 is 6.10 Å². The number of rotatable bonds is 33. The third-order valence-corrected chi connectivity index (χ3v) is 10.7. The Morgan fingerprint density at radius 3 is 1.78 bits per heavy atom. The number of carbonyl (C=O) groups is 6. The van der Waals surface area contributed by atoms with Crippen molar-refractivity contribution < 1.29 is 38.2 Å². The number of nitrogens with zero attached hydrogens (tertiary/aromatic N) is 3. The number of carbonyl (C=O) groups excluding carboxylic acids is 6. The highest BCUT2D eigenvalue weighted by Crippen LogP contribution is 2.24. The normalized spacial score (nSPS) is 18.2. The molecule has 3 heterocycles. The zero-order valence-electron chi connectivity index (χ0n) is 33.3. The van der Waals surface area contributed by atoms with E-state index in [0.717, 1.165) is 64.2 Å². The van der Waals surface area contributed by atoms with E-state index >= 15 is 0 Å². The van der Waals surface area contributed by atoms with Crippen molar-refractivity contribution in [2.45, 2.75) is 167 Å². The molecule has 0 aliphatic carbocycles. The van der Waals surface area contributed by atoms with Gasteiger partial charge in [-0.1, -0.05) is 109 Å². The smallest absolute Gasteiger partial charge is 0.253 e. The molecule has 0 spiro atoms. The highest BCUT2D eigenvalue weighted by atomic mass is 16.5. The van der Waals surface area contributed by atoms with Crippen LogP contribution in [0.15, 0.2) is 24.3 Å². The molecule has 3 rings (SSSR count). The van der Waals surface area contributed by atoms with Gasteiger partial charge < -0.3 is 9.47 Å². The second kappa shape index (κ2) is 27.4. The van der Waals surface area contributed by atoms with Gasteiger partial charge in [-0.2, -0.15) is 0 Å². The molecule has 0 saturated carbocycles. The molecule has 3 aliphatic heterocycles. The molecule has 0 radical (unpaired) electrons. The van der Waals surface area contributed by atoms with Gasteiger partial charge >= 0.3 is 0 Å². The monoisotopic (exact) mass is 756 g/mol. The summed E-state index contributed by atoms with van der Waals surface area (Å²) in [5.74, 6) is -1.29. The van der Waals surface area contributed by atoms with Gasteiger partial charge in [0.1, 0.15) is 0 Å². The van der Waals surface area contributed by atoms with E-state index in [-0.39, 0.29) is 60.9 Å². The molecule has 11 nitrogen and oxygen atoms in total. The van der Waals surface area contributed by atoms with Gasteiger partial charge in [-0.05, 0) is 44.9 Å². The van der Waals surface area contributed by atoms with E-state index in [1.54, 1.807) is 0 Å². The Labute approximate surface area is 324 Å². The topological polar surface area (TPSA) is 131 Å². The SMILES string of the molecule is CCCCCCCCCCCCC/C=C/CC1CC(=O)N(CC(COCCCCCCN2C(=O)CCC2=O)OCCCCCCN2C(=O)C=CC2=O)C1=O. The molecule has 0 aromatic rings. The number of likely N-dealkylation sites (tertiary alicyclic amines) is 2. The van der Waals surface area contributed by atoms with Crippen LogP contribution < -0.4 is 0 Å². The first-order valence-electron chi connectivity index (χ1n) is 21.4. The van der Waals surface area contributed by atoms with Gasteiger partial charge in [0.05, 0.1) is 25.2 Å². The van der Waals surface area contributed by atoms with Crippen LogP contribution in [0.5, 0.6) is 0 Å². The molecule has 2 fully saturated rings. The van der Waals surface area contributed by atoms with Gasteiger partial charge in [-0.25, -0.2) is 0 Å². The summed E-state index contributed by atoms with van der Waals surface area (Å²) in [6.45, 7) is 4.54. The Hall–Kier alpha value is -3.18. The Bertz CT molecular complexity index is 1200. The van der Waals surface area contributed by atoms with Gasteiger partial charge in [0.2, 0.25) is 23.6 Å². The van der Waals surface area contributed by atoms with Crippen LogP contribution in [-0.2, 0) is 38.2 Å². The van der Waals surface area contributed by atoms with Crippen molar-refractivity contribution in [2.24, 2.45) is 5.92 Å². The second-order valence-corrected chi connectivity index (χ2v) is 15.3. The van der Waals surface area contributed by atoms with Gasteiger partial charge in [0.25, 0.3) is 11.8 Å². The van der Waals surface area contributed by atoms with Crippen LogP contribution in [-0.4, -0.2) is 95.7 Å². The summed E-state index contributed by atoms with van der Waals surface area (Å²) in [5, 5.41) is 0. The third kappa shape index (κ3) is 17.5. The number of unbranched alkanes of at least 4 members (excludes halogenated alkanes) is 17. The van der Waals surface area contributed by atoms with Crippen LogP contribution in [0.1, 0.15) is 161 Å². The largest absolute Gasteiger partial charge is 0.379 e. The maximum atomic E-state index is 13.3. The molecule has 2 atom stereocenters. The van der Waals surface area contributed by atoms with Crippen LogP contribution in [0.25, 0.3) is 0 Å². The van der Waals surface area contributed by atoms with Crippen molar-refractivity contribution in [3.05, 3.63) is 24.3 Å². The first-order chi connectivity index (χ1) is 26.3. The van der Waals surface area contributed by atoms with Crippen molar-refractivity contribution >= 4 is 35.4 Å². The molecule has 2 unspecified atom stereocenters. The van der Waals surface area contributed by atoms with Crippen LogP contribution >= 0.6 is 0 Å². The molecule has 0 aromatic heterocycles. The van der Waals surface area contributed by atoms with E-state index in [2.05, 4.69) is 19.1 Å². The molecule has 2 saturated heterocycles. The summed E-state index contributed by atoms with van der Waals surface area (Å²) in [6, 6.07) is 0. The molecule has 6 amide bonds. The minimum Gasteiger partial charge on any atom is -0.379 e. The lowest BCUT2D eigenvalue weighted by Gasteiger charge is -2.23. The van der Waals surface area contributed by atoms with Crippen LogP contribution in [0.3, 0.4) is 0 Å². The zero-order valence-corrected chi connectivity index (χ0v) is 33.3. The number of hydrogen-bond acceptors (Lipinski definition) is 8. The number of imide groups is 3. The summed E-state index contributed by atoms with van der Waals surface area (Å²) in [7, 11) is 0. The zero-order chi connectivity index (χ0) is 38.8. The summed E-state index contributed by atoms with van der Waals surface area (Å²) < 4.78 is 12.1. The first-order valence-corrected chi connectivity index (χ1v) is 21.4. The maximum absolute atomic E-state index is 13.3. The molecule has 11 heteroatoms. The lowest BCUT2D eigenvalue weighted by Crippen LogP contribution is -2.40. The molecule has 0 aromatic carbocycles. The van der Waals surface area contributed by atoms with Crippen molar-refractivity contribution in [1.82, 2.24) is 14.7 Å². The van der Waals surface area contributed by atoms with Gasteiger partial charge in [-0.15, -0.1) is 0 Å². The van der Waals surface area contributed by atoms with Crippen LogP contribution in [0.2, 0.25) is 0 Å². The third-order valence-electron chi connectivity index (χ3n) is 10.7. The van der Waals surface area contributed by atoms with Crippen molar-refractivity contribution in [3.8, 4) is 0 Å². The Morgan fingerprint density at radius 1 is 0.611 bits per heavy atom. The summed E-state index contributed by atoms with van der Waals surface area (Å²) >= 11 is 0. The first kappa shape index (κ1) is 45.2. The average molecular weight is 756 g/mol. The van der Waals surface area contributed by atoms with Gasteiger partial charge in [0.15, 0.2) is 0 Å². The molecule has 0 N–H and O–H groups in total. The van der Waals surface area contributed by atoms with Crippen molar-refractivity contribution in [2.75, 3.05) is 39.5 Å². The number of amides is 6. The van der Waals surface area contributed by atoms with E-state index in [9.17, 15) is 28.8 Å². The molecular weight excluding hydrogens is 686 g/mol. The lowest BCUT2D eigenvalue weighted by molar-refractivity contribution is -0.143. The quantitative estimate of drug-likeness (QED) is 0.0380. The number of ether oxygens (including phenoxy) is 2. The average Bonchev–Trinajstić information content (AvgIpc) is 3.76. The highest BCUT2D eigenvalue weighted by Gasteiger charge is 2.39. The van der Waals surface area contributed by atoms with Gasteiger partial charge in [-0.3, -0.25) is 43.5 Å². The molecular formula is C43H69N3O8. The second-order valence-electron chi connectivity index (χ2n) is 15.3. The number of hydrogen-bond donors (Lipinski definition) is 0. The molecule has 0 bridgehead atoms. The van der Waals surface area contributed by atoms with Crippen LogP contribution in [0, 0.1) is 5.92 Å². The van der Waals surface area contributed by atoms with E-state index in [1.807, 2.05) is 0 Å². The molecule has 304 valence electrons. The maximum Gasteiger partial charge on any atom is 0.253 e. The predicted octanol–water partition coefficient (Wildman–Crippen LogP) is 7.61. The highest BCUT2D eigenvalue weighted by molar-refractivity contribution is 6.12. The summed E-state index contributed by atoms with van der Waals surface area (Å²) in [4.78, 5) is 77.3. The number of allylic oxidation sites excluding steroid dienone is 2. The lowest BCUT2D eigenvalue weighted by atomic mass is 10.0. The minimum atomic E-state index is -0.439. The van der Waals surface area contributed by atoms with E-state index in [0.29, 0.717) is 45.6 Å². The van der Waals surface area contributed by atoms with Crippen LogP contribution in [0.4, 0.5) is 0 Å². The van der Waals surface area contributed by atoms with Crippen molar-refractivity contribution in [1.29, 1.82) is 0 Å². The standard InChI is InChI=1S/C43H69N3O8/c1-2-3-4-5-6-7-8-9-10-11-12-13-14-19-24-36-33-42(51)46(43(36)52)34-37(54-32-23-18-16-21-30-45-40(49)27-28-41(45)50)35-53-31-22-17-15-20-29-44-38(47)25-26-39(44)48/h14,19,27-28,36-37H,2-13,15-18,20-26,29-35H2,1H3/b19-14+. The Morgan fingerprint density at radius 2 is 1.15 bits per heavy atom. The fourth-order valence-corrected chi connectivity index (χ4v) is 7.33. The fourth-order valence-electron chi connectivity index (χ4n) is 7.33. The van der Waals surface area contributed by atoms with E-state index in [4.69, 9.17) is 9.47 Å². The fraction of sp³-hybridized carbons (Fsp3) is 0.767. The Balaban J connectivity index is 1.32. The minimum absolute atomic E-state index is 0.0745. The summed E-state index contributed by atoms with van der Waals surface area (Å²) in [6.07, 6.45) is 29.9. The predicted molar refractivity (Wildman–Crippen MR) is 209 cm³/mol. The molecule has 54 heavy (non-hydrogen) atoms. The van der Waals surface area contributed by atoms with Crippen molar-refractivity contribution in [3.63, 3.8) is 0 Å². The van der Waals surface area contributed by atoms with E-state index in [1.165, 1.54) is 91.1 Å². The Kier molecular flexibility index (Phi) is 22.9. The summed E-state index contributed by atoms with van der Waals surface area (Å²) in [5.41, 5.74) is 0. The van der Waals surface area contributed by atoms with Gasteiger partial charge in [0, 0.05) is 57.7 Å².